The van der Waals surface area contributed by atoms with Gasteiger partial charge < -0.3 is 4.98 Å². The highest BCUT2D eigenvalue weighted by atomic mass is 32.2. The van der Waals surface area contributed by atoms with Gasteiger partial charge in [0.25, 0.3) is 5.56 Å². The first-order valence-electron chi connectivity index (χ1n) is 5.93. The van der Waals surface area contributed by atoms with Gasteiger partial charge in [-0.2, -0.15) is 24.9 Å². The summed E-state index contributed by atoms with van der Waals surface area (Å²) in [6.45, 7) is 0. The Balaban J connectivity index is 2.22. The molecule has 3 rings (SSSR count). The molecule has 3 nitrogen and oxygen atoms in total. The third-order valence-corrected chi connectivity index (χ3v) is 4.10. The zero-order chi connectivity index (χ0) is 15.2. The van der Waals surface area contributed by atoms with Crippen molar-refractivity contribution in [3.05, 3.63) is 51.2 Å². The molecule has 0 bridgehead atoms. The van der Waals surface area contributed by atoms with Gasteiger partial charge in [-0.05, 0) is 18.2 Å². The van der Waals surface area contributed by atoms with Crippen molar-refractivity contribution in [1.82, 2.24) is 9.97 Å². The van der Waals surface area contributed by atoms with Gasteiger partial charge in [-0.1, -0.05) is 0 Å². The van der Waals surface area contributed by atoms with Crippen molar-refractivity contribution < 1.29 is 17.6 Å². The average molecular weight is 316 g/mol. The van der Waals surface area contributed by atoms with Crippen LogP contribution >= 0.6 is 11.8 Å². The first-order valence-corrected chi connectivity index (χ1v) is 7.08. The minimum absolute atomic E-state index is 0.187. The van der Waals surface area contributed by atoms with Crippen LogP contribution in [-0.4, -0.2) is 9.97 Å². The third-order valence-electron chi connectivity index (χ3n) is 3.13. The number of thioether (sulfide) groups is 1. The zero-order valence-corrected chi connectivity index (χ0v) is 11.2. The molecule has 0 atom stereocenters. The van der Waals surface area contributed by atoms with E-state index in [2.05, 4.69) is 9.97 Å². The maximum Gasteiger partial charge on any atom is 0.417 e. The highest BCUT2D eigenvalue weighted by molar-refractivity contribution is 7.98. The lowest BCUT2D eigenvalue weighted by molar-refractivity contribution is -0.137. The van der Waals surface area contributed by atoms with Crippen molar-refractivity contribution >= 4 is 11.8 Å². The van der Waals surface area contributed by atoms with E-state index in [4.69, 9.17) is 0 Å². The minimum atomic E-state index is -4.73. The molecule has 0 fully saturated rings. The SMILES string of the molecule is O=c1[nH]c(-c2ccc(F)cc2C(F)(F)F)nc2c1CSC2. The minimum Gasteiger partial charge on any atom is -0.306 e. The Kier molecular flexibility index (Phi) is 3.27. The number of hydrogen-bond donors (Lipinski definition) is 1. The average Bonchev–Trinajstić information content (AvgIpc) is 2.86. The molecule has 1 aromatic heterocycles. The summed E-state index contributed by atoms with van der Waals surface area (Å²) < 4.78 is 52.1. The maximum absolute atomic E-state index is 13.1. The summed E-state index contributed by atoms with van der Waals surface area (Å²) >= 11 is 1.47. The molecule has 8 heteroatoms. The fourth-order valence-corrected chi connectivity index (χ4v) is 3.18. The van der Waals surface area contributed by atoms with Crippen LogP contribution in [0.15, 0.2) is 23.0 Å². The van der Waals surface area contributed by atoms with Crippen LogP contribution in [0.4, 0.5) is 17.6 Å². The van der Waals surface area contributed by atoms with E-state index in [0.29, 0.717) is 28.8 Å². The van der Waals surface area contributed by atoms with Gasteiger partial charge in [0.15, 0.2) is 0 Å². The summed E-state index contributed by atoms with van der Waals surface area (Å²) in [5.41, 5.74) is -0.968. The molecule has 2 heterocycles. The predicted molar refractivity (Wildman–Crippen MR) is 70.3 cm³/mol. The molecule has 110 valence electrons. The van der Waals surface area contributed by atoms with Crippen molar-refractivity contribution in [2.24, 2.45) is 0 Å². The molecule has 1 N–H and O–H groups in total. The molecule has 1 aromatic carbocycles. The van der Waals surface area contributed by atoms with Crippen molar-refractivity contribution in [2.45, 2.75) is 17.7 Å². The Hall–Kier alpha value is -1.83. The second kappa shape index (κ2) is 4.87. The molecular weight excluding hydrogens is 308 g/mol. The summed E-state index contributed by atoms with van der Waals surface area (Å²) in [6, 6.07) is 2.29. The lowest BCUT2D eigenvalue weighted by atomic mass is 10.1. The molecule has 21 heavy (non-hydrogen) atoms. The number of rotatable bonds is 1. The number of aromatic amines is 1. The number of H-pyrrole nitrogens is 1. The highest BCUT2D eigenvalue weighted by Gasteiger charge is 2.35. The maximum atomic E-state index is 13.1. The lowest BCUT2D eigenvalue weighted by Crippen LogP contribution is -2.17. The van der Waals surface area contributed by atoms with Crippen LogP contribution in [0.25, 0.3) is 11.4 Å². The number of nitrogens with one attached hydrogen (secondary N) is 1. The van der Waals surface area contributed by atoms with Crippen molar-refractivity contribution in [2.75, 3.05) is 0 Å². The van der Waals surface area contributed by atoms with Crippen LogP contribution in [0.5, 0.6) is 0 Å². The topological polar surface area (TPSA) is 45.8 Å². The van der Waals surface area contributed by atoms with Crippen molar-refractivity contribution in [3.63, 3.8) is 0 Å². The first kappa shape index (κ1) is 14.1. The Bertz CT molecular complexity index is 770. The van der Waals surface area contributed by atoms with Crippen LogP contribution in [0.3, 0.4) is 0 Å². The lowest BCUT2D eigenvalue weighted by Gasteiger charge is -2.13. The largest absolute Gasteiger partial charge is 0.417 e. The van der Waals surface area contributed by atoms with Gasteiger partial charge in [-0.25, -0.2) is 9.37 Å². The van der Waals surface area contributed by atoms with Crippen LogP contribution in [0, 0.1) is 5.82 Å². The van der Waals surface area contributed by atoms with E-state index in [-0.39, 0.29) is 11.4 Å². The molecule has 1 aliphatic rings. The van der Waals surface area contributed by atoms with Crippen LogP contribution in [0.1, 0.15) is 16.8 Å². The Morgan fingerprint density at radius 2 is 2.00 bits per heavy atom. The molecule has 0 spiro atoms. The van der Waals surface area contributed by atoms with E-state index >= 15 is 0 Å². The molecule has 0 saturated carbocycles. The molecule has 2 aromatic rings. The summed E-state index contributed by atoms with van der Waals surface area (Å²) in [7, 11) is 0. The molecule has 0 unspecified atom stereocenters. The van der Waals surface area contributed by atoms with Crippen molar-refractivity contribution in [3.8, 4) is 11.4 Å². The third kappa shape index (κ3) is 2.55. The molecular formula is C13H8F4N2OS. The van der Waals surface area contributed by atoms with Gasteiger partial charge in [-0.3, -0.25) is 4.79 Å². The Labute approximate surface area is 120 Å². The Morgan fingerprint density at radius 1 is 1.24 bits per heavy atom. The second-order valence-corrected chi connectivity index (χ2v) is 5.51. The van der Waals surface area contributed by atoms with Crippen LogP contribution in [0.2, 0.25) is 0 Å². The summed E-state index contributed by atoms with van der Waals surface area (Å²) in [5.74, 6) is -0.207. The van der Waals surface area contributed by atoms with E-state index in [1.54, 1.807) is 0 Å². The summed E-state index contributed by atoms with van der Waals surface area (Å²) in [5, 5.41) is 0. The first-order chi connectivity index (χ1) is 9.86. The number of aromatic nitrogens is 2. The quantitative estimate of drug-likeness (QED) is 0.821. The predicted octanol–water partition coefficient (Wildman–Crippen LogP) is 3.34. The molecule has 0 amide bonds. The number of hydrogen-bond acceptors (Lipinski definition) is 3. The standard InChI is InChI=1S/C13H8F4N2OS/c14-6-1-2-7(9(3-6)13(15,16)17)11-18-10-5-21-4-8(10)12(20)19-11/h1-3H,4-5H2,(H,18,19,20). The van der Waals surface area contributed by atoms with E-state index in [1.807, 2.05) is 0 Å². The summed E-state index contributed by atoms with van der Waals surface area (Å²) in [4.78, 5) is 18.3. The Morgan fingerprint density at radius 3 is 2.71 bits per heavy atom. The number of halogens is 4. The van der Waals surface area contributed by atoms with E-state index in [1.165, 1.54) is 11.8 Å². The fourth-order valence-electron chi connectivity index (χ4n) is 2.15. The second-order valence-electron chi connectivity index (χ2n) is 4.52. The molecule has 0 aliphatic carbocycles. The number of nitrogens with zero attached hydrogens (tertiary/aromatic N) is 1. The van der Waals surface area contributed by atoms with Gasteiger partial charge in [0, 0.05) is 22.6 Å². The van der Waals surface area contributed by atoms with E-state index in [0.717, 1.165) is 12.1 Å². The van der Waals surface area contributed by atoms with Gasteiger partial charge >= 0.3 is 6.18 Å². The molecule has 0 saturated heterocycles. The van der Waals surface area contributed by atoms with Gasteiger partial charge in [-0.15, -0.1) is 0 Å². The number of fused-ring (bicyclic) bond motifs is 1. The molecule has 1 aliphatic heterocycles. The normalized spacial score (nSPS) is 14.3. The van der Waals surface area contributed by atoms with E-state index < -0.39 is 23.1 Å². The van der Waals surface area contributed by atoms with Crippen LogP contribution < -0.4 is 5.56 Å². The van der Waals surface area contributed by atoms with Crippen LogP contribution in [-0.2, 0) is 17.7 Å². The van der Waals surface area contributed by atoms with E-state index in [9.17, 15) is 22.4 Å². The number of alkyl halides is 3. The summed E-state index contributed by atoms with van der Waals surface area (Å²) in [6.07, 6.45) is -4.73. The smallest absolute Gasteiger partial charge is 0.306 e. The van der Waals surface area contributed by atoms with Crippen molar-refractivity contribution in [1.29, 1.82) is 0 Å². The molecule has 0 radical (unpaired) electrons. The number of benzene rings is 1. The van der Waals surface area contributed by atoms with Gasteiger partial charge in [0.1, 0.15) is 11.6 Å². The highest BCUT2D eigenvalue weighted by Crippen LogP contribution is 2.37. The van der Waals surface area contributed by atoms with Gasteiger partial charge in [0.05, 0.1) is 11.3 Å². The zero-order valence-electron chi connectivity index (χ0n) is 10.4. The van der Waals surface area contributed by atoms with Gasteiger partial charge in [0.2, 0.25) is 0 Å². The monoisotopic (exact) mass is 316 g/mol. The fraction of sp³-hybridized carbons (Fsp3) is 0.231.